The molecule has 3 aromatic rings. The van der Waals surface area contributed by atoms with Crippen molar-refractivity contribution in [3.8, 4) is 0 Å². The molecule has 0 unspecified atom stereocenters. The van der Waals surface area contributed by atoms with Crippen LogP contribution in [0.3, 0.4) is 0 Å². The summed E-state index contributed by atoms with van der Waals surface area (Å²) in [4.78, 5) is 24.4. The molecule has 0 amide bonds. The molecule has 3 N–H and O–H groups in total. The van der Waals surface area contributed by atoms with Crippen LogP contribution < -0.4 is 11.1 Å². The zero-order chi connectivity index (χ0) is 22.0. The second-order valence-corrected chi connectivity index (χ2v) is 5.81. The number of rotatable bonds is 7. The lowest BCUT2D eigenvalue weighted by molar-refractivity contribution is -0.141. The molecule has 0 atom stereocenters. The Kier molecular flexibility index (Phi) is 12.7. The smallest absolute Gasteiger partial charge is 0.325 e. The molecule has 7 nitrogen and oxygen atoms in total. The van der Waals surface area contributed by atoms with Gasteiger partial charge in [-0.3, -0.25) is 14.6 Å². The van der Waals surface area contributed by atoms with Gasteiger partial charge in [0.1, 0.15) is 6.54 Å². The summed E-state index contributed by atoms with van der Waals surface area (Å²) >= 11 is 0. The molecular formula is C23H29N3O4. The zero-order valence-electron chi connectivity index (χ0n) is 17.4. The largest absolute Gasteiger partial charge is 0.468 e. The van der Waals surface area contributed by atoms with E-state index in [9.17, 15) is 9.59 Å². The minimum absolute atomic E-state index is 0.190. The van der Waals surface area contributed by atoms with Gasteiger partial charge >= 0.3 is 5.97 Å². The molecule has 2 aromatic carbocycles. The number of para-hydroxylation sites is 1. The van der Waals surface area contributed by atoms with E-state index in [1.54, 1.807) is 13.8 Å². The number of nitrogens with zero attached hydrogens (tertiary/aromatic N) is 1. The van der Waals surface area contributed by atoms with Crippen molar-refractivity contribution in [2.75, 3.05) is 25.1 Å². The van der Waals surface area contributed by atoms with Gasteiger partial charge in [0.25, 0.3) is 6.47 Å². The first-order valence-corrected chi connectivity index (χ1v) is 9.68. The van der Waals surface area contributed by atoms with Crippen LogP contribution in [0, 0.1) is 0 Å². The van der Waals surface area contributed by atoms with Gasteiger partial charge in [-0.2, -0.15) is 0 Å². The van der Waals surface area contributed by atoms with Crippen molar-refractivity contribution >= 4 is 29.0 Å². The van der Waals surface area contributed by atoms with E-state index in [-0.39, 0.29) is 12.5 Å². The third-order valence-electron chi connectivity index (χ3n) is 3.68. The van der Waals surface area contributed by atoms with Crippen molar-refractivity contribution in [2.45, 2.75) is 20.4 Å². The molecule has 0 aliphatic rings. The Labute approximate surface area is 177 Å². The molecule has 0 aliphatic carbocycles. The summed E-state index contributed by atoms with van der Waals surface area (Å²) in [6, 6.07) is 19.7. The highest BCUT2D eigenvalue weighted by atomic mass is 16.5. The second-order valence-electron chi connectivity index (χ2n) is 5.81. The van der Waals surface area contributed by atoms with Gasteiger partial charge in [0.2, 0.25) is 0 Å². The van der Waals surface area contributed by atoms with Crippen LogP contribution in [0.2, 0.25) is 0 Å². The van der Waals surface area contributed by atoms with Crippen LogP contribution in [0.4, 0.5) is 5.69 Å². The molecule has 30 heavy (non-hydrogen) atoms. The van der Waals surface area contributed by atoms with Crippen LogP contribution in [0.5, 0.6) is 0 Å². The molecule has 0 radical (unpaired) electrons. The van der Waals surface area contributed by atoms with Crippen molar-refractivity contribution in [2.24, 2.45) is 5.73 Å². The lowest BCUT2D eigenvalue weighted by Crippen LogP contribution is -2.16. The van der Waals surface area contributed by atoms with E-state index in [0.29, 0.717) is 26.2 Å². The number of carbonyl (C=O) groups excluding carboxylic acids is 2. The molecule has 3 rings (SSSR count). The molecule has 0 aliphatic heterocycles. The predicted octanol–water partition coefficient (Wildman–Crippen LogP) is 3.53. The van der Waals surface area contributed by atoms with E-state index in [4.69, 9.17) is 10.5 Å². The minimum atomic E-state index is -0.250. The number of aromatic nitrogens is 1. The number of nitrogens with one attached hydrogen (secondary N) is 1. The zero-order valence-corrected chi connectivity index (χ0v) is 17.4. The van der Waals surface area contributed by atoms with Crippen molar-refractivity contribution < 1.29 is 19.1 Å². The number of nitrogens with two attached hydrogens (primary N) is 1. The van der Waals surface area contributed by atoms with E-state index in [0.717, 1.165) is 16.8 Å². The molecular weight excluding hydrogens is 382 g/mol. The summed E-state index contributed by atoms with van der Waals surface area (Å²) in [5.41, 5.74) is 8.48. The fourth-order valence-corrected chi connectivity index (χ4v) is 2.23. The molecule has 1 heterocycles. The van der Waals surface area contributed by atoms with Crippen molar-refractivity contribution in [1.29, 1.82) is 0 Å². The van der Waals surface area contributed by atoms with E-state index >= 15 is 0 Å². The van der Waals surface area contributed by atoms with Gasteiger partial charge in [0.15, 0.2) is 0 Å². The first kappa shape index (κ1) is 24.6. The molecule has 0 fully saturated rings. The highest BCUT2D eigenvalue weighted by molar-refractivity contribution is 5.77. The average molecular weight is 412 g/mol. The Hall–Kier alpha value is -3.45. The first-order valence-electron chi connectivity index (χ1n) is 9.68. The van der Waals surface area contributed by atoms with Gasteiger partial charge < -0.3 is 20.5 Å². The van der Waals surface area contributed by atoms with Crippen LogP contribution >= 0.6 is 0 Å². The van der Waals surface area contributed by atoms with E-state index in [2.05, 4.69) is 27.2 Å². The molecule has 0 saturated carbocycles. The first-order chi connectivity index (χ1) is 14.6. The maximum atomic E-state index is 11.0. The average Bonchev–Trinajstić information content (AvgIpc) is 2.80. The summed E-state index contributed by atoms with van der Waals surface area (Å²) < 4.78 is 8.94. The number of carbonyl (C=O) groups is 2. The second kappa shape index (κ2) is 15.5. The normalized spacial score (nSPS) is 9.30. The number of esters is 1. The monoisotopic (exact) mass is 411 g/mol. The Balaban J connectivity index is 0.000000256. The van der Waals surface area contributed by atoms with Crippen LogP contribution in [-0.4, -0.2) is 37.2 Å². The Bertz CT molecular complexity index is 804. The molecule has 0 spiro atoms. The standard InChI is InChI=1S/C11H16N2O2.C9H7N.C3H6O2/c1-2-15-11(14)8-13-10-5-3-9(7-12)4-6-10;1-2-6-9-8(4-1)5-3-7-10-9;1-2-5-3-4/h3-6,13H,2,7-8,12H2,1H3;1-7H;3H,2H2,1H3. The topological polar surface area (TPSA) is 104 Å². The van der Waals surface area contributed by atoms with Crippen LogP contribution in [0.1, 0.15) is 19.4 Å². The Morgan fingerprint density at radius 1 is 1.03 bits per heavy atom. The molecule has 0 saturated heterocycles. The SMILES string of the molecule is CCOC(=O)CNc1ccc(CN)cc1.CCOC=O.c1ccc2ncccc2c1. The summed E-state index contributed by atoms with van der Waals surface area (Å²) in [6.45, 7) is 5.58. The Morgan fingerprint density at radius 3 is 2.30 bits per heavy atom. The third-order valence-corrected chi connectivity index (χ3v) is 3.68. The number of hydrogen-bond acceptors (Lipinski definition) is 7. The van der Waals surface area contributed by atoms with Gasteiger partial charge in [0.05, 0.1) is 18.7 Å². The number of fused-ring (bicyclic) bond motifs is 1. The van der Waals surface area contributed by atoms with E-state index in [1.807, 2.05) is 54.7 Å². The summed E-state index contributed by atoms with van der Waals surface area (Å²) in [6.07, 6.45) is 1.81. The summed E-state index contributed by atoms with van der Waals surface area (Å²) in [7, 11) is 0. The lowest BCUT2D eigenvalue weighted by Gasteiger charge is -2.06. The predicted molar refractivity (Wildman–Crippen MR) is 119 cm³/mol. The molecule has 160 valence electrons. The van der Waals surface area contributed by atoms with Crippen LogP contribution in [0.25, 0.3) is 10.9 Å². The number of ether oxygens (including phenoxy) is 2. The van der Waals surface area contributed by atoms with Gasteiger partial charge in [-0.1, -0.05) is 36.4 Å². The summed E-state index contributed by atoms with van der Waals surface area (Å²) in [5, 5.41) is 4.16. The highest BCUT2D eigenvalue weighted by Crippen LogP contribution is 2.09. The van der Waals surface area contributed by atoms with Crippen molar-refractivity contribution in [3.63, 3.8) is 0 Å². The third kappa shape index (κ3) is 10.2. The fourth-order valence-electron chi connectivity index (χ4n) is 2.23. The maximum absolute atomic E-state index is 11.0. The van der Waals surface area contributed by atoms with E-state index in [1.165, 1.54) is 5.39 Å². The molecule has 0 bridgehead atoms. The highest BCUT2D eigenvalue weighted by Gasteiger charge is 2.00. The quantitative estimate of drug-likeness (QED) is 0.453. The van der Waals surface area contributed by atoms with Gasteiger partial charge in [0, 0.05) is 23.8 Å². The van der Waals surface area contributed by atoms with Gasteiger partial charge in [-0.25, -0.2) is 0 Å². The van der Waals surface area contributed by atoms with Gasteiger partial charge in [-0.05, 0) is 43.7 Å². The Morgan fingerprint density at radius 2 is 1.73 bits per heavy atom. The molecule has 1 aromatic heterocycles. The summed E-state index contributed by atoms with van der Waals surface area (Å²) in [5.74, 6) is -0.250. The number of pyridine rings is 1. The van der Waals surface area contributed by atoms with Crippen LogP contribution in [-0.2, 0) is 25.6 Å². The van der Waals surface area contributed by atoms with E-state index < -0.39 is 0 Å². The lowest BCUT2D eigenvalue weighted by atomic mass is 10.2. The molecule has 7 heteroatoms. The van der Waals surface area contributed by atoms with Crippen molar-refractivity contribution in [1.82, 2.24) is 4.98 Å². The number of benzene rings is 2. The number of anilines is 1. The number of hydrogen-bond donors (Lipinski definition) is 2. The van der Waals surface area contributed by atoms with Gasteiger partial charge in [-0.15, -0.1) is 0 Å². The minimum Gasteiger partial charge on any atom is -0.468 e. The maximum Gasteiger partial charge on any atom is 0.325 e. The fraction of sp³-hybridized carbons (Fsp3) is 0.261. The van der Waals surface area contributed by atoms with Crippen LogP contribution in [0.15, 0.2) is 66.9 Å². The van der Waals surface area contributed by atoms with Crippen molar-refractivity contribution in [3.05, 3.63) is 72.4 Å².